The zero-order chi connectivity index (χ0) is 18.1. The molecule has 0 bridgehead atoms. The standard InChI is InChI=1S/C22H14S5/c1-11-7-9-15(23-11)18-19-17-13-5-3-4-6-14(13)25-21(17)27-22(19)26-20(18)16-10-8-12(2)24-16/h3-10H,1-2H3. The van der Waals surface area contributed by atoms with E-state index < -0.39 is 0 Å². The summed E-state index contributed by atoms with van der Waals surface area (Å²) < 4.78 is 4.32. The lowest BCUT2D eigenvalue weighted by molar-refractivity contribution is 1.64. The molecule has 132 valence electrons. The summed E-state index contributed by atoms with van der Waals surface area (Å²) in [5.41, 5.74) is 1.45. The molecule has 0 amide bonds. The predicted molar refractivity (Wildman–Crippen MR) is 129 cm³/mol. The predicted octanol–water partition coefficient (Wildman–Crippen LogP) is 9.40. The molecule has 0 spiro atoms. The summed E-state index contributed by atoms with van der Waals surface area (Å²) in [4.78, 5) is 6.98. The number of thiophene rings is 5. The molecule has 0 aliphatic heterocycles. The van der Waals surface area contributed by atoms with E-state index in [0.717, 1.165) is 0 Å². The van der Waals surface area contributed by atoms with E-state index in [9.17, 15) is 0 Å². The summed E-state index contributed by atoms with van der Waals surface area (Å²) >= 11 is 9.71. The van der Waals surface area contributed by atoms with Gasteiger partial charge in [0.05, 0.1) is 12.9 Å². The second-order valence-corrected chi connectivity index (χ2v) is 12.8. The largest absolute Gasteiger partial charge is 0.141 e. The lowest BCUT2D eigenvalue weighted by atomic mass is 10.1. The number of rotatable bonds is 2. The third-order valence-electron chi connectivity index (χ3n) is 4.83. The van der Waals surface area contributed by atoms with Gasteiger partial charge in [0.2, 0.25) is 0 Å². The van der Waals surface area contributed by atoms with E-state index in [1.165, 1.54) is 58.8 Å². The van der Waals surface area contributed by atoms with Crippen molar-refractivity contribution in [2.45, 2.75) is 13.8 Å². The van der Waals surface area contributed by atoms with Crippen LogP contribution in [0.15, 0.2) is 48.5 Å². The lowest BCUT2D eigenvalue weighted by Gasteiger charge is -2.01. The zero-order valence-electron chi connectivity index (χ0n) is 14.7. The molecule has 5 aromatic heterocycles. The third kappa shape index (κ3) is 2.43. The van der Waals surface area contributed by atoms with Crippen molar-refractivity contribution in [2.75, 3.05) is 0 Å². The number of fused-ring (bicyclic) bond motifs is 5. The Morgan fingerprint density at radius 1 is 0.593 bits per heavy atom. The number of hydrogen-bond donors (Lipinski definition) is 0. The Morgan fingerprint density at radius 2 is 1.30 bits per heavy atom. The van der Waals surface area contributed by atoms with Gasteiger partial charge in [-0.15, -0.1) is 56.7 Å². The van der Waals surface area contributed by atoms with Crippen LogP contribution in [0.5, 0.6) is 0 Å². The van der Waals surface area contributed by atoms with Gasteiger partial charge in [0.15, 0.2) is 0 Å². The molecule has 27 heavy (non-hydrogen) atoms. The molecule has 0 fully saturated rings. The summed E-state index contributed by atoms with van der Waals surface area (Å²) in [6.45, 7) is 4.40. The molecule has 1 aromatic carbocycles. The van der Waals surface area contributed by atoms with Gasteiger partial charge < -0.3 is 0 Å². The molecule has 0 N–H and O–H groups in total. The fraction of sp³-hybridized carbons (Fsp3) is 0.0909. The van der Waals surface area contributed by atoms with E-state index in [1.807, 2.05) is 56.7 Å². The zero-order valence-corrected chi connectivity index (χ0v) is 18.7. The van der Waals surface area contributed by atoms with Crippen molar-refractivity contribution in [2.24, 2.45) is 0 Å². The molecule has 0 saturated heterocycles. The number of aryl methyl sites for hydroxylation is 2. The molecule has 5 heteroatoms. The van der Waals surface area contributed by atoms with Crippen LogP contribution < -0.4 is 0 Å². The fourth-order valence-corrected chi connectivity index (χ4v) is 9.93. The van der Waals surface area contributed by atoms with Crippen molar-refractivity contribution >= 4 is 85.6 Å². The van der Waals surface area contributed by atoms with E-state index in [0.29, 0.717) is 0 Å². The van der Waals surface area contributed by atoms with Crippen molar-refractivity contribution in [1.82, 2.24) is 0 Å². The Labute approximate surface area is 177 Å². The highest BCUT2D eigenvalue weighted by molar-refractivity contribution is 7.51. The van der Waals surface area contributed by atoms with Crippen LogP contribution in [0.2, 0.25) is 0 Å². The maximum absolute atomic E-state index is 2.31. The Hall–Kier alpha value is -1.50. The van der Waals surface area contributed by atoms with Gasteiger partial charge in [0.25, 0.3) is 0 Å². The highest BCUT2D eigenvalue weighted by Gasteiger charge is 2.23. The van der Waals surface area contributed by atoms with Crippen LogP contribution in [-0.4, -0.2) is 0 Å². The van der Waals surface area contributed by atoms with Crippen LogP contribution in [0, 0.1) is 13.8 Å². The van der Waals surface area contributed by atoms with Gasteiger partial charge in [0.1, 0.15) is 0 Å². The molecular weight excluding hydrogens is 425 g/mol. The number of benzene rings is 1. The Kier molecular flexibility index (Phi) is 3.65. The molecule has 0 aliphatic carbocycles. The van der Waals surface area contributed by atoms with Gasteiger partial charge in [-0.3, -0.25) is 0 Å². The fourth-order valence-electron chi connectivity index (χ4n) is 3.66. The van der Waals surface area contributed by atoms with Gasteiger partial charge in [-0.1, -0.05) is 18.2 Å². The summed E-state index contributed by atoms with van der Waals surface area (Å²) in [7, 11) is 0. The average molecular weight is 439 g/mol. The first-order valence-corrected chi connectivity index (χ1v) is 12.8. The van der Waals surface area contributed by atoms with E-state index in [4.69, 9.17) is 0 Å². The lowest BCUT2D eigenvalue weighted by Crippen LogP contribution is -1.73. The second-order valence-electron chi connectivity index (χ2n) is 6.65. The van der Waals surface area contributed by atoms with Crippen LogP contribution in [0.4, 0.5) is 0 Å². The van der Waals surface area contributed by atoms with E-state index in [-0.39, 0.29) is 0 Å². The molecule has 0 radical (unpaired) electrons. The third-order valence-corrected chi connectivity index (χ3v) is 10.8. The maximum atomic E-state index is 2.31. The first-order chi connectivity index (χ1) is 13.2. The molecule has 0 nitrogen and oxygen atoms in total. The summed E-state index contributed by atoms with van der Waals surface area (Å²) in [5, 5.41) is 4.35. The van der Waals surface area contributed by atoms with Gasteiger partial charge in [-0.25, -0.2) is 0 Å². The summed E-state index contributed by atoms with van der Waals surface area (Å²) in [5.74, 6) is 0. The van der Waals surface area contributed by atoms with Crippen molar-refractivity contribution < 1.29 is 0 Å². The average Bonchev–Trinajstić information content (AvgIpc) is 3.41. The van der Waals surface area contributed by atoms with Crippen molar-refractivity contribution in [3.05, 3.63) is 58.3 Å². The Morgan fingerprint density at radius 3 is 2.04 bits per heavy atom. The molecule has 6 rings (SSSR count). The SMILES string of the molecule is Cc1ccc(-c2sc3sc4sc5ccccc5c4c3c2-c2ccc(C)s2)s1. The van der Waals surface area contributed by atoms with Crippen LogP contribution >= 0.6 is 56.7 Å². The van der Waals surface area contributed by atoms with Crippen LogP contribution in [-0.2, 0) is 0 Å². The molecule has 6 aromatic rings. The minimum atomic E-state index is 1.37. The smallest absolute Gasteiger partial charge is 0.0900 e. The van der Waals surface area contributed by atoms with Crippen molar-refractivity contribution in [3.8, 4) is 20.2 Å². The van der Waals surface area contributed by atoms with E-state index in [1.54, 1.807) is 0 Å². The van der Waals surface area contributed by atoms with Gasteiger partial charge >= 0.3 is 0 Å². The first-order valence-electron chi connectivity index (χ1n) is 8.69. The van der Waals surface area contributed by atoms with Gasteiger partial charge in [0, 0.05) is 45.9 Å². The molecule has 0 atom stereocenters. The summed E-state index contributed by atoms with van der Waals surface area (Å²) in [6, 6.07) is 18.0. The minimum absolute atomic E-state index is 1.37. The second kappa shape index (κ2) is 6.00. The summed E-state index contributed by atoms with van der Waals surface area (Å²) in [6.07, 6.45) is 0. The van der Waals surface area contributed by atoms with Crippen molar-refractivity contribution in [3.63, 3.8) is 0 Å². The highest BCUT2D eigenvalue weighted by Crippen LogP contribution is 2.55. The maximum Gasteiger partial charge on any atom is 0.0900 e. The molecular formula is C22H14S5. The van der Waals surface area contributed by atoms with Gasteiger partial charge in [-0.05, 0) is 44.2 Å². The normalized spacial score (nSPS) is 12.1. The van der Waals surface area contributed by atoms with E-state index >= 15 is 0 Å². The Bertz CT molecular complexity index is 1450. The molecule has 0 unspecified atom stereocenters. The molecule has 5 heterocycles. The molecule has 0 aliphatic rings. The minimum Gasteiger partial charge on any atom is -0.141 e. The van der Waals surface area contributed by atoms with Crippen LogP contribution in [0.1, 0.15) is 9.75 Å². The monoisotopic (exact) mass is 438 g/mol. The van der Waals surface area contributed by atoms with Gasteiger partial charge in [-0.2, -0.15) is 0 Å². The topological polar surface area (TPSA) is 0 Å². The van der Waals surface area contributed by atoms with Crippen LogP contribution in [0.3, 0.4) is 0 Å². The Balaban J connectivity index is 1.80. The first kappa shape index (κ1) is 16.5. The molecule has 0 saturated carbocycles. The quantitative estimate of drug-likeness (QED) is 0.252. The number of hydrogen-bond acceptors (Lipinski definition) is 5. The highest BCUT2D eigenvalue weighted by atomic mass is 32.2. The van der Waals surface area contributed by atoms with E-state index in [2.05, 4.69) is 62.4 Å². The van der Waals surface area contributed by atoms with Crippen molar-refractivity contribution in [1.29, 1.82) is 0 Å². The van der Waals surface area contributed by atoms with Crippen LogP contribution in [0.25, 0.3) is 49.1 Å².